The Hall–Kier alpha value is -0.113. The average molecular weight is 189 g/mol. The van der Waals surface area contributed by atoms with Crippen LogP contribution in [0, 0.1) is 0 Å². The Morgan fingerprint density at radius 2 is 1.73 bits per heavy atom. The van der Waals surface area contributed by atoms with Crippen LogP contribution in [0.4, 0.5) is 13.2 Å². The summed E-state index contributed by atoms with van der Waals surface area (Å²) in [4.78, 5) is 0. The Balaban J connectivity index is 3.88. The van der Waals surface area contributed by atoms with Gasteiger partial charge in [-0.15, -0.1) is 13.2 Å². The number of hydrogen-bond donors (Lipinski definition) is 0. The Morgan fingerprint density at radius 1 is 1.27 bits per heavy atom. The summed E-state index contributed by atoms with van der Waals surface area (Å²) in [6, 6.07) is 0. The van der Waals surface area contributed by atoms with E-state index in [1.165, 1.54) is 25.8 Å². The number of rotatable bonds is 3. The Kier molecular flexibility index (Phi) is 4.01. The van der Waals surface area contributed by atoms with Gasteiger partial charge in [-0.1, -0.05) is 0 Å². The van der Waals surface area contributed by atoms with E-state index >= 15 is 0 Å². The molecule has 0 heterocycles. The predicted molar refractivity (Wildman–Crippen MR) is 35.0 cm³/mol. The second-order valence-corrected chi connectivity index (χ2v) is 4.42. The molecule has 11 heavy (non-hydrogen) atoms. The number of alkyl halides is 3. The van der Waals surface area contributed by atoms with Gasteiger partial charge in [0.05, 0.1) is 0 Å². The highest BCUT2D eigenvalue weighted by Crippen LogP contribution is 2.17. The molecular weight excluding hydrogens is 179 g/mol. The fourth-order valence-electron chi connectivity index (χ4n) is 0.479. The molecule has 0 radical (unpaired) electrons. The van der Waals surface area contributed by atoms with Gasteiger partial charge in [0.1, 0.15) is 0 Å². The van der Waals surface area contributed by atoms with Crippen molar-refractivity contribution in [1.29, 1.82) is 0 Å². The van der Waals surface area contributed by atoms with Crippen LogP contribution in [0.15, 0.2) is 0 Å². The summed E-state index contributed by atoms with van der Waals surface area (Å²) in [5, 5.41) is 0. The SMILES string of the molecule is CO[SiH](OC(F)(F)F)N(C)C. The molecule has 1 atom stereocenters. The molecule has 0 saturated carbocycles. The van der Waals surface area contributed by atoms with Gasteiger partial charge in [0.15, 0.2) is 0 Å². The zero-order valence-corrected chi connectivity index (χ0v) is 7.63. The van der Waals surface area contributed by atoms with Crippen LogP contribution in [-0.2, 0) is 8.85 Å². The lowest BCUT2D eigenvalue weighted by molar-refractivity contribution is -0.287. The lowest BCUT2D eigenvalue weighted by atomic mass is 11.3. The minimum Gasteiger partial charge on any atom is -0.388 e. The summed E-state index contributed by atoms with van der Waals surface area (Å²) in [6.07, 6.45) is -4.60. The van der Waals surface area contributed by atoms with Crippen LogP contribution in [0.3, 0.4) is 0 Å². The van der Waals surface area contributed by atoms with Gasteiger partial charge in [0.25, 0.3) is 0 Å². The molecule has 7 heteroatoms. The van der Waals surface area contributed by atoms with Gasteiger partial charge in [0, 0.05) is 7.11 Å². The van der Waals surface area contributed by atoms with E-state index in [-0.39, 0.29) is 0 Å². The first kappa shape index (κ1) is 10.9. The van der Waals surface area contributed by atoms with E-state index in [9.17, 15) is 13.2 Å². The zero-order chi connectivity index (χ0) is 9.07. The third-order valence-electron chi connectivity index (χ3n) is 0.858. The standard InChI is InChI=1S/C4H10F3NO2Si/c1-8(2)11(9-3)10-4(5,6)7/h11H,1-3H3. The lowest BCUT2D eigenvalue weighted by Crippen LogP contribution is -2.42. The van der Waals surface area contributed by atoms with Gasteiger partial charge < -0.3 is 4.43 Å². The fraction of sp³-hybridized carbons (Fsp3) is 1.00. The highest BCUT2D eigenvalue weighted by Gasteiger charge is 2.35. The topological polar surface area (TPSA) is 21.7 Å². The van der Waals surface area contributed by atoms with Crippen molar-refractivity contribution in [2.24, 2.45) is 0 Å². The third-order valence-corrected chi connectivity index (χ3v) is 2.57. The zero-order valence-electron chi connectivity index (χ0n) is 6.47. The monoisotopic (exact) mass is 189 g/mol. The summed E-state index contributed by atoms with van der Waals surface area (Å²) in [5.41, 5.74) is 0. The van der Waals surface area contributed by atoms with E-state index in [0.717, 1.165) is 0 Å². The quantitative estimate of drug-likeness (QED) is 0.602. The molecule has 0 rings (SSSR count). The molecule has 0 spiro atoms. The summed E-state index contributed by atoms with van der Waals surface area (Å²) in [5.74, 6) is 0. The van der Waals surface area contributed by atoms with Crippen molar-refractivity contribution in [2.75, 3.05) is 21.2 Å². The van der Waals surface area contributed by atoms with Crippen molar-refractivity contribution < 1.29 is 22.0 Å². The average Bonchev–Trinajstić information content (AvgIpc) is 1.80. The van der Waals surface area contributed by atoms with Crippen LogP contribution in [0.5, 0.6) is 0 Å². The van der Waals surface area contributed by atoms with Crippen LogP contribution < -0.4 is 0 Å². The van der Waals surface area contributed by atoms with Crippen LogP contribution in [0.2, 0.25) is 0 Å². The van der Waals surface area contributed by atoms with Crippen molar-refractivity contribution in [3.8, 4) is 0 Å². The summed E-state index contributed by atoms with van der Waals surface area (Å²) < 4.78 is 44.2. The fourth-order valence-corrected chi connectivity index (χ4v) is 1.44. The summed E-state index contributed by atoms with van der Waals surface area (Å²) in [7, 11) is 1.45. The van der Waals surface area contributed by atoms with E-state index < -0.39 is 15.8 Å². The maximum atomic E-state index is 11.6. The third kappa shape index (κ3) is 5.19. The van der Waals surface area contributed by atoms with Gasteiger partial charge in [-0.05, 0) is 14.1 Å². The van der Waals surface area contributed by atoms with Gasteiger partial charge >= 0.3 is 15.8 Å². The maximum Gasteiger partial charge on any atom is 0.515 e. The van der Waals surface area contributed by atoms with Crippen molar-refractivity contribution in [1.82, 2.24) is 4.57 Å². The van der Waals surface area contributed by atoms with Gasteiger partial charge in [-0.2, -0.15) is 0 Å². The largest absolute Gasteiger partial charge is 0.515 e. The molecule has 0 aliphatic rings. The molecule has 0 aromatic rings. The van der Waals surface area contributed by atoms with Crippen LogP contribution in [0.25, 0.3) is 0 Å². The molecular formula is C4H10F3NO2Si. The van der Waals surface area contributed by atoms with E-state index in [4.69, 9.17) is 0 Å². The second-order valence-electron chi connectivity index (χ2n) is 2.07. The predicted octanol–water partition coefficient (Wildman–Crippen LogP) is 0.448. The van der Waals surface area contributed by atoms with Gasteiger partial charge in [-0.25, -0.2) is 0 Å². The van der Waals surface area contributed by atoms with Crippen molar-refractivity contribution >= 4 is 9.45 Å². The van der Waals surface area contributed by atoms with Gasteiger partial charge in [-0.3, -0.25) is 8.99 Å². The molecule has 0 aliphatic heterocycles. The van der Waals surface area contributed by atoms with Crippen LogP contribution in [0.1, 0.15) is 0 Å². The Labute approximate surface area is 64.6 Å². The molecule has 1 unspecified atom stereocenters. The molecule has 0 saturated heterocycles. The van der Waals surface area contributed by atoms with E-state index in [1.54, 1.807) is 0 Å². The summed E-state index contributed by atoms with van der Waals surface area (Å²) in [6.45, 7) is 0. The van der Waals surface area contributed by atoms with E-state index in [2.05, 4.69) is 8.85 Å². The first-order valence-corrected chi connectivity index (χ1v) is 4.26. The van der Waals surface area contributed by atoms with Gasteiger partial charge in [0.2, 0.25) is 0 Å². The van der Waals surface area contributed by atoms with E-state index in [0.29, 0.717) is 0 Å². The Bertz CT molecular complexity index is 118. The van der Waals surface area contributed by atoms with Crippen LogP contribution in [-0.4, -0.2) is 41.6 Å². The lowest BCUT2D eigenvalue weighted by Gasteiger charge is -2.20. The van der Waals surface area contributed by atoms with Crippen molar-refractivity contribution in [2.45, 2.75) is 6.36 Å². The molecule has 68 valence electrons. The van der Waals surface area contributed by atoms with Crippen molar-refractivity contribution in [3.63, 3.8) is 0 Å². The first-order valence-electron chi connectivity index (χ1n) is 2.80. The first-order chi connectivity index (χ1) is 4.87. The van der Waals surface area contributed by atoms with Crippen LogP contribution >= 0.6 is 0 Å². The molecule has 0 amide bonds. The molecule has 0 aliphatic carbocycles. The number of halogens is 3. The molecule has 0 N–H and O–H groups in total. The molecule has 0 aromatic carbocycles. The molecule has 3 nitrogen and oxygen atoms in total. The maximum absolute atomic E-state index is 11.6. The molecule has 0 bridgehead atoms. The van der Waals surface area contributed by atoms with E-state index in [1.807, 2.05) is 0 Å². The second kappa shape index (κ2) is 4.05. The minimum atomic E-state index is -4.60. The molecule has 0 fully saturated rings. The van der Waals surface area contributed by atoms with Crippen molar-refractivity contribution in [3.05, 3.63) is 0 Å². The molecule has 0 aromatic heterocycles. The number of nitrogens with zero attached hydrogens (tertiary/aromatic N) is 1. The minimum absolute atomic E-state index is 1.20. The highest BCUT2D eigenvalue weighted by atomic mass is 28.3. The smallest absolute Gasteiger partial charge is 0.388 e. The highest BCUT2D eigenvalue weighted by molar-refractivity contribution is 6.40. The Morgan fingerprint density at radius 3 is 1.82 bits per heavy atom. The number of hydrogen-bond acceptors (Lipinski definition) is 3. The normalized spacial score (nSPS) is 15.5. The summed E-state index contributed by atoms with van der Waals surface area (Å²) >= 11 is 0.